The highest BCUT2D eigenvalue weighted by atomic mass is 32.1. The summed E-state index contributed by atoms with van der Waals surface area (Å²) in [5.41, 5.74) is 2.92. The molecular weight excluding hydrogens is 388 g/mol. The Morgan fingerprint density at radius 1 is 1.21 bits per heavy atom. The van der Waals surface area contributed by atoms with E-state index in [0.717, 1.165) is 30.8 Å². The van der Waals surface area contributed by atoms with E-state index >= 15 is 0 Å². The van der Waals surface area contributed by atoms with Crippen LogP contribution in [0.4, 0.5) is 0 Å². The average molecular weight is 413 g/mol. The van der Waals surface area contributed by atoms with Crippen LogP contribution in [0.15, 0.2) is 28.8 Å². The van der Waals surface area contributed by atoms with Crippen molar-refractivity contribution in [3.05, 3.63) is 46.3 Å². The van der Waals surface area contributed by atoms with Crippen molar-refractivity contribution in [1.82, 2.24) is 29.5 Å². The van der Waals surface area contributed by atoms with Gasteiger partial charge in [0, 0.05) is 31.7 Å². The highest BCUT2D eigenvalue weighted by Crippen LogP contribution is 2.24. The predicted molar refractivity (Wildman–Crippen MR) is 110 cm³/mol. The van der Waals surface area contributed by atoms with Crippen LogP contribution in [0.5, 0.6) is 0 Å². The van der Waals surface area contributed by atoms with Crippen molar-refractivity contribution in [2.24, 2.45) is 0 Å². The second kappa shape index (κ2) is 8.38. The van der Waals surface area contributed by atoms with Gasteiger partial charge in [-0.05, 0) is 31.8 Å². The number of rotatable bonds is 5. The maximum atomic E-state index is 12.8. The first-order valence-corrected chi connectivity index (χ1v) is 10.6. The maximum Gasteiger partial charge on any atom is 0.267 e. The van der Waals surface area contributed by atoms with Crippen molar-refractivity contribution in [1.29, 1.82) is 0 Å². The summed E-state index contributed by atoms with van der Waals surface area (Å²) in [6, 6.07) is 8.06. The molecule has 1 aliphatic heterocycles. The molecule has 1 aliphatic rings. The van der Waals surface area contributed by atoms with Gasteiger partial charge in [-0.25, -0.2) is 0 Å². The monoisotopic (exact) mass is 412 g/mol. The van der Waals surface area contributed by atoms with Crippen molar-refractivity contribution in [2.75, 3.05) is 26.2 Å². The average Bonchev–Trinajstić information content (AvgIpc) is 3.43. The fourth-order valence-corrected chi connectivity index (χ4v) is 4.16. The molecule has 1 aromatic carbocycles. The van der Waals surface area contributed by atoms with Crippen LogP contribution >= 0.6 is 11.5 Å². The number of piperazine rings is 1. The summed E-state index contributed by atoms with van der Waals surface area (Å²) in [6.07, 6.45) is 0.717. The molecule has 0 bridgehead atoms. The topological polar surface area (TPSA) is 88.3 Å². The van der Waals surface area contributed by atoms with Crippen LogP contribution in [-0.2, 0) is 6.42 Å². The number of amides is 1. The number of carbonyl (C=O) groups is 1. The van der Waals surface area contributed by atoms with Gasteiger partial charge in [-0.2, -0.15) is 4.98 Å². The molecule has 0 spiro atoms. The van der Waals surface area contributed by atoms with Crippen molar-refractivity contribution >= 4 is 17.4 Å². The molecule has 0 radical (unpaired) electrons. The molecule has 0 aliphatic carbocycles. The molecule has 8 nitrogen and oxygen atoms in total. The molecule has 0 N–H and O–H groups in total. The fourth-order valence-electron chi connectivity index (χ4n) is 3.44. The number of hydrogen-bond acceptors (Lipinski definition) is 8. The zero-order valence-electron chi connectivity index (χ0n) is 16.8. The lowest BCUT2D eigenvalue weighted by atomic mass is 10.1. The SMILES string of the molecule is CCc1nnsc1C(=O)N1CCN([C@@H](C)c2nc(-c3ccc(C)cc3)no2)CC1. The lowest BCUT2D eigenvalue weighted by Crippen LogP contribution is -2.49. The third-order valence-electron chi connectivity index (χ3n) is 5.34. The van der Waals surface area contributed by atoms with Gasteiger partial charge in [-0.3, -0.25) is 9.69 Å². The number of benzene rings is 1. The molecule has 2 aromatic heterocycles. The Bertz CT molecular complexity index is 975. The van der Waals surface area contributed by atoms with E-state index in [1.165, 1.54) is 17.1 Å². The third-order valence-corrected chi connectivity index (χ3v) is 6.10. The van der Waals surface area contributed by atoms with E-state index in [9.17, 15) is 4.79 Å². The molecular formula is C20H24N6O2S. The van der Waals surface area contributed by atoms with Gasteiger partial charge in [-0.1, -0.05) is 46.4 Å². The Morgan fingerprint density at radius 3 is 2.62 bits per heavy atom. The molecule has 9 heteroatoms. The Kier molecular flexibility index (Phi) is 5.68. The van der Waals surface area contributed by atoms with E-state index in [4.69, 9.17) is 4.52 Å². The van der Waals surface area contributed by atoms with E-state index in [1.54, 1.807) is 0 Å². The minimum Gasteiger partial charge on any atom is -0.337 e. The zero-order valence-corrected chi connectivity index (χ0v) is 17.6. The summed E-state index contributed by atoms with van der Waals surface area (Å²) in [7, 11) is 0. The van der Waals surface area contributed by atoms with Crippen LogP contribution in [0.25, 0.3) is 11.4 Å². The lowest BCUT2D eigenvalue weighted by Gasteiger charge is -2.36. The first-order valence-electron chi connectivity index (χ1n) is 9.82. The predicted octanol–water partition coefficient (Wildman–Crippen LogP) is 2.98. The largest absolute Gasteiger partial charge is 0.337 e. The second-order valence-electron chi connectivity index (χ2n) is 7.23. The first kappa shape index (κ1) is 19.7. The highest BCUT2D eigenvalue weighted by Gasteiger charge is 2.29. The molecule has 0 saturated carbocycles. The molecule has 3 aromatic rings. The van der Waals surface area contributed by atoms with E-state index in [1.807, 2.05) is 43.0 Å². The van der Waals surface area contributed by atoms with E-state index < -0.39 is 0 Å². The second-order valence-corrected chi connectivity index (χ2v) is 7.98. The molecule has 4 rings (SSSR count). The normalized spacial score (nSPS) is 16.2. The van der Waals surface area contributed by atoms with Crippen molar-refractivity contribution in [2.45, 2.75) is 33.2 Å². The van der Waals surface area contributed by atoms with Crippen molar-refractivity contribution in [3.8, 4) is 11.4 Å². The number of hydrogen-bond donors (Lipinski definition) is 0. The Balaban J connectivity index is 1.38. The smallest absolute Gasteiger partial charge is 0.267 e. The molecule has 1 atom stereocenters. The van der Waals surface area contributed by atoms with Gasteiger partial charge >= 0.3 is 0 Å². The summed E-state index contributed by atoms with van der Waals surface area (Å²) in [5, 5.41) is 8.19. The first-order chi connectivity index (χ1) is 14.1. The minimum absolute atomic E-state index is 0.00442. The molecule has 1 fully saturated rings. The molecule has 152 valence electrons. The van der Waals surface area contributed by atoms with Gasteiger partial charge in [0.1, 0.15) is 4.88 Å². The quantitative estimate of drug-likeness (QED) is 0.636. The number of aryl methyl sites for hydroxylation is 2. The molecule has 0 unspecified atom stereocenters. The van der Waals surface area contributed by atoms with Gasteiger partial charge in [0.25, 0.3) is 5.91 Å². The van der Waals surface area contributed by atoms with Crippen LogP contribution in [-0.4, -0.2) is 61.6 Å². The summed E-state index contributed by atoms with van der Waals surface area (Å²) < 4.78 is 9.46. The van der Waals surface area contributed by atoms with Gasteiger partial charge in [-0.15, -0.1) is 5.10 Å². The third kappa shape index (κ3) is 4.06. The van der Waals surface area contributed by atoms with Crippen LogP contribution in [0.3, 0.4) is 0 Å². The molecule has 1 saturated heterocycles. The van der Waals surface area contributed by atoms with Gasteiger partial charge in [0.2, 0.25) is 11.7 Å². The van der Waals surface area contributed by atoms with Crippen LogP contribution in [0.2, 0.25) is 0 Å². The van der Waals surface area contributed by atoms with E-state index in [0.29, 0.717) is 29.7 Å². The molecule has 29 heavy (non-hydrogen) atoms. The van der Waals surface area contributed by atoms with Gasteiger partial charge < -0.3 is 9.42 Å². The van der Waals surface area contributed by atoms with E-state index in [2.05, 4.69) is 31.6 Å². The zero-order chi connectivity index (χ0) is 20.4. The van der Waals surface area contributed by atoms with E-state index in [-0.39, 0.29) is 11.9 Å². The fraction of sp³-hybridized carbons (Fsp3) is 0.450. The summed E-state index contributed by atoms with van der Waals surface area (Å²) in [6.45, 7) is 8.92. The Morgan fingerprint density at radius 2 is 1.93 bits per heavy atom. The number of nitrogens with zero attached hydrogens (tertiary/aromatic N) is 6. The van der Waals surface area contributed by atoms with Gasteiger partial charge in [0.05, 0.1) is 11.7 Å². The Hall–Kier alpha value is -2.65. The van der Waals surface area contributed by atoms with Crippen molar-refractivity contribution in [3.63, 3.8) is 0 Å². The highest BCUT2D eigenvalue weighted by molar-refractivity contribution is 7.08. The maximum absolute atomic E-state index is 12.8. The summed E-state index contributed by atoms with van der Waals surface area (Å²) in [5.74, 6) is 1.23. The molecule has 1 amide bonds. The minimum atomic E-state index is -0.00442. The number of aromatic nitrogens is 4. The van der Waals surface area contributed by atoms with Gasteiger partial charge in [0.15, 0.2) is 0 Å². The lowest BCUT2D eigenvalue weighted by molar-refractivity contribution is 0.0555. The standard InChI is InChI=1S/C20H24N6O2S/c1-4-16-17(29-24-22-16)20(27)26-11-9-25(10-12-26)14(3)19-21-18(23-28-19)15-7-5-13(2)6-8-15/h5-8,14H,4,9-12H2,1-3H3/t14-/m0/s1. The van der Waals surface area contributed by atoms with Crippen molar-refractivity contribution < 1.29 is 9.32 Å². The van der Waals surface area contributed by atoms with Crippen LogP contribution < -0.4 is 0 Å². The van der Waals surface area contributed by atoms with Crippen LogP contribution in [0, 0.1) is 6.92 Å². The number of carbonyl (C=O) groups excluding carboxylic acids is 1. The Labute approximate surface area is 173 Å². The summed E-state index contributed by atoms with van der Waals surface area (Å²) >= 11 is 1.18. The van der Waals surface area contributed by atoms with Crippen LogP contribution in [0.1, 0.15) is 46.7 Å². The summed E-state index contributed by atoms with van der Waals surface area (Å²) in [4.78, 5) is 22.2. The molecule has 3 heterocycles.